The minimum absolute atomic E-state index is 0.262. The second kappa shape index (κ2) is 7.14. The summed E-state index contributed by atoms with van der Waals surface area (Å²) in [5.41, 5.74) is 0.495. The maximum absolute atomic E-state index is 12.8. The summed E-state index contributed by atoms with van der Waals surface area (Å²) in [6, 6.07) is 4.78. The molecule has 0 atom stereocenters. The molecule has 0 saturated carbocycles. The lowest BCUT2D eigenvalue weighted by molar-refractivity contribution is -0.147. The summed E-state index contributed by atoms with van der Waals surface area (Å²) in [4.78, 5) is 0. The van der Waals surface area contributed by atoms with Crippen LogP contribution < -0.4 is 4.74 Å². The number of hydrogen-bond donors (Lipinski definition) is 1. The van der Waals surface area contributed by atoms with E-state index >= 15 is 0 Å². The van der Waals surface area contributed by atoms with Crippen LogP contribution in [0.1, 0.15) is 24.7 Å². The molecule has 5 nitrogen and oxygen atoms in total. The number of rotatable bonds is 5. The molecule has 0 bridgehead atoms. The van der Waals surface area contributed by atoms with Crippen LogP contribution in [0.25, 0.3) is 0 Å². The van der Waals surface area contributed by atoms with Gasteiger partial charge in [0.25, 0.3) is 5.82 Å². The molecule has 0 saturated heterocycles. The monoisotopic (exact) mass is 364 g/mol. The molecule has 0 amide bonds. The van der Waals surface area contributed by atoms with Crippen LogP contribution in [0.5, 0.6) is 5.75 Å². The Labute approximate surface area is 139 Å². The standard InChI is InChI=1S/C13H12ClF3N4OS/c1-2-5-22-10-4-3-8(6-9(10)14)7-18-21-11(13(15,16)17)19-20-12(21)23/h3-4,6-7H,2,5H2,1H3,(H,20,23)/b18-7-. The molecule has 2 rings (SSSR count). The highest BCUT2D eigenvalue weighted by molar-refractivity contribution is 7.71. The quantitative estimate of drug-likeness (QED) is 0.636. The van der Waals surface area contributed by atoms with E-state index in [1.807, 2.05) is 6.92 Å². The van der Waals surface area contributed by atoms with E-state index in [-0.39, 0.29) is 4.77 Å². The van der Waals surface area contributed by atoms with E-state index in [4.69, 9.17) is 28.6 Å². The summed E-state index contributed by atoms with van der Waals surface area (Å²) in [6.07, 6.45) is -2.63. The van der Waals surface area contributed by atoms with Gasteiger partial charge in [0.2, 0.25) is 4.77 Å². The van der Waals surface area contributed by atoms with E-state index in [9.17, 15) is 13.2 Å². The number of aromatic amines is 1. The van der Waals surface area contributed by atoms with E-state index < -0.39 is 12.0 Å². The zero-order valence-electron chi connectivity index (χ0n) is 11.9. The number of H-pyrrole nitrogens is 1. The molecule has 0 radical (unpaired) electrons. The van der Waals surface area contributed by atoms with Crippen molar-refractivity contribution in [3.63, 3.8) is 0 Å². The molecule has 1 aromatic heterocycles. The highest BCUT2D eigenvalue weighted by atomic mass is 35.5. The molecule has 0 aliphatic rings. The van der Waals surface area contributed by atoms with Gasteiger partial charge < -0.3 is 4.74 Å². The number of halogens is 4. The fourth-order valence-electron chi connectivity index (χ4n) is 1.63. The van der Waals surface area contributed by atoms with Crippen molar-refractivity contribution in [3.8, 4) is 5.75 Å². The molecule has 0 aliphatic carbocycles. The van der Waals surface area contributed by atoms with Crippen molar-refractivity contribution in [1.82, 2.24) is 14.9 Å². The minimum atomic E-state index is -4.67. The normalized spacial score (nSPS) is 12.0. The second-order valence-corrected chi connectivity index (χ2v) is 5.24. The molecular weight excluding hydrogens is 353 g/mol. The van der Waals surface area contributed by atoms with Crippen molar-refractivity contribution in [2.45, 2.75) is 19.5 Å². The van der Waals surface area contributed by atoms with Gasteiger partial charge >= 0.3 is 6.18 Å². The van der Waals surface area contributed by atoms with Gasteiger partial charge in [0, 0.05) is 0 Å². The van der Waals surface area contributed by atoms with Crippen LogP contribution in [-0.2, 0) is 6.18 Å². The highest BCUT2D eigenvalue weighted by Crippen LogP contribution is 2.28. The number of ether oxygens (including phenoxy) is 1. The average molecular weight is 365 g/mol. The van der Waals surface area contributed by atoms with E-state index in [1.54, 1.807) is 12.1 Å². The summed E-state index contributed by atoms with van der Waals surface area (Å²) in [7, 11) is 0. The van der Waals surface area contributed by atoms with Crippen LogP contribution in [0, 0.1) is 4.77 Å². The molecule has 1 aromatic carbocycles. The van der Waals surface area contributed by atoms with Gasteiger partial charge in [-0.2, -0.15) is 22.9 Å². The number of aromatic nitrogens is 3. The number of nitrogens with one attached hydrogen (secondary N) is 1. The largest absolute Gasteiger partial charge is 0.492 e. The van der Waals surface area contributed by atoms with E-state index in [1.165, 1.54) is 12.3 Å². The Hall–Kier alpha value is -1.87. The van der Waals surface area contributed by atoms with Crippen LogP contribution >= 0.6 is 23.8 Å². The van der Waals surface area contributed by atoms with Crippen molar-refractivity contribution in [3.05, 3.63) is 39.4 Å². The lowest BCUT2D eigenvalue weighted by Gasteiger charge is -2.07. The molecule has 0 fully saturated rings. The average Bonchev–Trinajstić information content (AvgIpc) is 2.85. The van der Waals surface area contributed by atoms with Gasteiger partial charge in [0.1, 0.15) is 5.75 Å². The van der Waals surface area contributed by atoms with Crippen molar-refractivity contribution in [2.75, 3.05) is 6.61 Å². The van der Waals surface area contributed by atoms with E-state index in [0.29, 0.717) is 27.6 Å². The van der Waals surface area contributed by atoms with Gasteiger partial charge in [-0.1, -0.05) is 18.5 Å². The minimum Gasteiger partial charge on any atom is -0.492 e. The number of benzene rings is 1. The third kappa shape index (κ3) is 4.32. The lowest BCUT2D eigenvalue weighted by atomic mass is 10.2. The van der Waals surface area contributed by atoms with Crippen molar-refractivity contribution in [1.29, 1.82) is 0 Å². The van der Waals surface area contributed by atoms with Gasteiger partial charge in [-0.15, -0.1) is 5.10 Å². The van der Waals surface area contributed by atoms with Gasteiger partial charge in [-0.05, 0) is 42.4 Å². The van der Waals surface area contributed by atoms with Gasteiger partial charge in [0.15, 0.2) is 0 Å². The first-order valence-corrected chi connectivity index (χ1v) is 7.33. The van der Waals surface area contributed by atoms with Crippen molar-refractivity contribution in [2.24, 2.45) is 5.10 Å². The summed E-state index contributed by atoms with van der Waals surface area (Å²) in [6.45, 7) is 2.48. The van der Waals surface area contributed by atoms with Crippen molar-refractivity contribution < 1.29 is 17.9 Å². The van der Waals surface area contributed by atoms with Crippen LogP contribution in [0.3, 0.4) is 0 Å². The fourth-order valence-corrected chi connectivity index (χ4v) is 2.06. The maximum atomic E-state index is 12.8. The first-order chi connectivity index (χ1) is 10.8. The van der Waals surface area contributed by atoms with Crippen molar-refractivity contribution >= 4 is 30.0 Å². The Bertz CT molecular complexity index is 769. The van der Waals surface area contributed by atoms with Gasteiger partial charge in [0.05, 0.1) is 17.8 Å². The molecule has 10 heteroatoms. The Kier molecular flexibility index (Phi) is 5.42. The Morgan fingerprint density at radius 1 is 1.48 bits per heavy atom. The summed E-state index contributed by atoms with van der Waals surface area (Å²) >= 11 is 10.8. The first-order valence-electron chi connectivity index (χ1n) is 6.54. The molecule has 23 heavy (non-hydrogen) atoms. The van der Waals surface area contributed by atoms with Crippen LogP contribution in [0.2, 0.25) is 5.02 Å². The predicted octanol–water partition coefficient (Wildman–Crippen LogP) is 4.28. The van der Waals surface area contributed by atoms with Gasteiger partial charge in [-0.3, -0.25) is 0 Å². The fraction of sp³-hybridized carbons (Fsp3) is 0.308. The summed E-state index contributed by atoms with van der Waals surface area (Å²) < 4.78 is 43.9. The lowest BCUT2D eigenvalue weighted by Crippen LogP contribution is -2.12. The maximum Gasteiger partial charge on any atom is 0.453 e. The molecule has 0 spiro atoms. The molecule has 1 N–H and O–H groups in total. The zero-order valence-corrected chi connectivity index (χ0v) is 13.5. The topological polar surface area (TPSA) is 55.2 Å². The third-order valence-electron chi connectivity index (χ3n) is 2.64. The van der Waals surface area contributed by atoms with Gasteiger partial charge in [-0.25, -0.2) is 5.10 Å². The molecule has 2 aromatic rings. The van der Waals surface area contributed by atoms with E-state index in [0.717, 1.165) is 6.42 Å². The molecular formula is C13H12ClF3N4OS. The van der Waals surface area contributed by atoms with Crippen LogP contribution in [-0.4, -0.2) is 27.7 Å². The number of hydrogen-bond acceptors (Lipinski definition) is 4. The van der Waals surface area contributed by atoms with Crippen LogP contribution in [0.15, 0.2) is 23.3 Å². The molecule has 0 unspecified atom stereocenters. The SMILES string of the molecule is CCCOc1ccc(/C=N\n2c(C(F)(F)F)n[nH]c2=S)cc1Cl. The van der Waals surface area contributed by atoms with E-state index in [2.05, 4.69) is 15.3 Å². The molecule has 124 valence electrons. The molecule has 0 aliphatic heterocycles. The number of alkyl halides is 3. The first kappa shape index (κ1) is 17.5. The highest BCUT2D eigenvalue weighted by Gasteiger charge is 2.37. The Morgan fingerprint density at radius 2 is 2.22 bits per heavy atom. The summed E-state index contributed by atoms with van der Waals surface area (Å²) in [5, 5.41) is 9.24. The number of nitrogens with zero attached hydrogens (tertiary/aromatic N) is 3. The third-order valence-corrected chi connectivity index (χ3v) is 3.20. The smallest absolute Gasteiger partial charge is 0.453 e. The Balaban J connectivity index is 2.26. The predicted molar refractivity (Wildman–Crippen MR) is 82.6 cm³/mol. The Morgan fingerprint density at radius 3 is 2.83 bits per heavy atom. The summed E-state index contributed by atoms with van der Waals surface area (Å²) in [5.74, 6) is -0.727. The molecule has 1 heterocycles. The second-order valence-electron chi connectivity index (χ2n) is 4.44. The zero-order chi connectivity index (χ0) is 17.0. The van der Waals surface area contributed by atoms with Crippen LogP contribution in [0.4, 0.5) is 13.2 Å².